The molecule has 0 saturated heterocycles. The van der Waals surface area contributed by atoms with Crippen molar-refractivity contribution in [1.82, 2.24) is 0 Å². The lowest BCUT2D eigenvalue weighted by Crippen LogP contribution is -1.99. The fourth-order valence-electron chi connectivity index (χ4n) is 1.78. The van der Waals surface area contributed by atoms with E-state index < -0.39 is 0 Å². The van der Waals surface area contributed by atoms with E-state index in [4.69, 9.17) is 21.6 Å². The molecule has 108 valence electrons. The first-order valence-electron chi connectivity index (χ1n) is 6.73. The van der Waals surface area contributed by atoms with Gasteiger partial charge in [-0.2, -0.15) is 17.0 Å². The summed E-state index contributed by atoms with van der Waals surface area (Å²) in [6.07, 6.45) is 0.981. The Morgan fingerprint density at radius 2 is 1.95 bits per heavy atom. The van der Waals surface area contributed by atoms with Crippen LogP contribution in [-0.2, 0) is 5.75 Å². The molecule has 0 aliphatic rings. The van der Waals surface area contributed by atoms with Gasteiger partial charge in [0, 0.05) is 10.8 Å². The number of ether oxygens (including phenoxy) is 1. The predicted octanol–water partition coefficient (Wildman–Crippen LogP) is 4.91. The first-order valence-corrected chi connectivity index (χ1v) is 8.26. The first kappa shape index (κ1) is 15.8. The third-order valence-corrected chi connectivity index (χ3v) is 4.21. The highest BCUT2D eigenvalue weighted by Gasteiger charge is 1.97. The zero-order chi connectivity index (χ0) is 14.9. The maximum atomic E-state index is 8.81. The van der Waals surface area contributed by atoms with Crippen LogP contribution in [0.2, 0.25) is 5.02 Å². The summed E-state index contributed by atoms with van der Waals surface area (Å²) in [6.45, 7) is 0.669. The second-order valence-electron chi connectivity index (χ2n) is 4.52. The van der Waals surface area contributed by atoms with Gasteiger partial charge >= 0.3 is 0 Å². The Morgan fingerprint density at radius 1 is 1.14 bits per heavy atom. The number of hydrogen-bond donors (Lipinski definition) is 0. The van der Waals surface area contributed by atoms with Gasteiger partial charge in [-0.15, -0.1) is 0 Å². The number of nitrogens with zero attached hydrogens (tertiary/aromatic N) is 1. The van der Waals surface area contributed by atoms with E-state index >= 15 is 0 Å². The van der Waals surface area contributed by atoms with Gasteiger partial charge in [-0.25, -0.2) is 0 Å². The fraction of sp³-hybridized carbons (Fsp3) is 0.235. The molecule has 4 heteroatoms. The molecule has 0 amide bonds. The molecule has 0 N–H and O–H groups in total. The van der Waals surface area contributed by atoms with Crippen molar-refractivity contribution < 1.29 is 4.74 Å². The molecule has 0 saturated carbocycles. The molecule has 21 heavy (non-hydrogen) atoms. The Kier molecular flexibility index (Phi) is 6.46. The molecular formula is C17H16ClNOS. The van der Waals surface area contributed by atoms with Crippen molar-refractivity contribution >= 4 is 23.4 Å². The molecule has 0 aliphatic carbocycles. The Morgan fingerprint density at radius 3 is 2.71 bits per heavy atom. The topological polar surface area (TPSA) is 33.0 Å². The Bertz CT molecular complexity index is 607. The smallest absolute Gasteiger partial charge is 0.120 e. The maximum Gasteiger partial charge on any atom is 0.120 e. The molecule has 0 radical (unpaired) electrons. The molecule has 0 atom stereocenters. The average Bonchev–Trinajstić information content (AvgIpc) is 2.52. The van der Waals surface area contributed by atoms with Gasteiger partial charge < -0.3 is 4.74 Å². The number of halogens is 1. The maximum absolute atomic E-state index is 8.81. The van der Waals surface area contributed by atoms with E-state index in [2.05, 4.69) is 18.2 Å². The van der Waals surface area contributed by atoms with Gasteiger partial charge in [0.05, 0.1) is 18.2 Å². The normalized spacial score (nSPS) is 10.1. The van der Waals surface area contributed by atoms with Crippen LogP contribution in [-0.4, -0.2) is 12.4 Å². The molecule has 0 bridgehead atoms. The summed E-state index contributed by atoms with van der Waals surface area (Å²) in [6, 6.07) is 17.3. The van der Waals surface area contributed by atoms with Crippen molar-refractivity contribution in [2.45, 2.75) is 12.2 Å². The van der Waals surface area contributed by atoms with Gasteiger partial charge in [0.15, 0.2) is 0 Å². The van der Waals surface area contributed by atoms with Crippen LogP contribution in [0.25, 0.3) is 0 Å². The fourth-order valence-corrected chi connectivity index (χ4v) is 2.80. The molecule has 0 spiro atoms. The van der Waals surface area contributed by atoms with Crippen molar-refractivity contribution in [3.05, 3.63) is 64.7 Å². The number of benzene rings is 2. The lowest BCUT2D eigenvalue weighted by atomic mass is 10.2. The van der Waals surface area contributed by atoms with Crippen molar-refractivity contribution in [2.24, 2.45) is 0 Å². The third kappa shape index (κ3) is 5.71. The van der Waals surface area contributed by atoms with Gasteiger partial charge in [-0.05, 0) is 48.1 Å². The van der Waals surface area contributed by atoms with E-state index in [1.54, 1.807) is 12.1 Å². The predicted molar refractivity (Wildman–Crippen MR) is 88.9 cm³/mol. The lowest BCUT2D eigenvalue weighted by Gasteiger charge is -2.06. The zero-order valence-electron chi connectivity index (χ0n) is 11.6. The summed E-state index contributed by atoms with van der Waals surface area (Å²) in [4.78, 5) is 0. The minimum atomic E-state index is 0.629. The quantitative estimate of drug-likeness (QED) is 0.680. The van der Waals surface area contributed by atoms with E-state index in [9.17, 15) is 0 Å². The summed E-state index contributed by atoms with van der Waals surface area (Å²) in [5.74, 6) is 2.79. The zero-order valence-corrected chi connectivity index (χ0v) is 13.2. The SMILES string of the molecule is N#Cc1cccc(OCCCSCc2ccc(Cl)cc2)c1. The van der Waals surface area contributed by atoms with Gasteiger partial charge in [0.1, 0.15) is 5.75 Å². The average molecular weight is 318 g/mol. The third-order valence-electron chi connectivity index (χ3n) is 2.85. The van der Waals surface area contributed by atoms with E-state index in [-0.39, 0.29) is 0 Å². The lowest BCUT2D eigenvalue weighted by molar-refractivity contribution is 0.318. The van der Waals surface area contributed by atoms with Gasteiger partial charge in [-0.3, -0.25) is 0 Å². The second-order valence-corrected chi connectivity index (χ2v) is 6.06. The van der Waals surface area contributed by atoms with Gasteiger partial charge in [-0.1, -0.05) is 29.8 Å². The largest absolute Gasteiger partial charge is 0.494 e. The molecule has 2 rings (SSSR count). The number of rotatable bonds is 7. The van der Waals surface area contributed by atoms with Crippen molar-refractivity contribution in [1.29, 1.82) is 5.26 Å². The van der Waals surface area contributed by atoms with Gasteiger partial charge in [0.25, 0.3) is 0 Å². The summed E-state index contributed by atoms with van der Waals surface area (Å²) < 4.78 is 5.63. The first-order chi connectivity index (χ1) is 10.3. The van der Waals surface area contributed by atoms with Crippen LogP contribution in [0.15, 0.2) is 48.5 Å². The van der Waals surface area contributed by atoms with Crippen LogP contribution in [0, 0.1) is 11.3 Å². The molecule has 0 fully saturated rings. The summed E-state index contributed by atoms with van der Waals surface area (Å²) in [5, 5.41) is 9.59. The number of thioether (sulfide) groups is 1. The monoisotopic (exact) mass is 317 g/mol. The Labute approximate surface area is 134 Å². The Balaban J connectivity index is 1.62. The van der Waals surface area contributed by atoms with Crippen molar-refractivity contribution in [2.75, 3.05) is 12.4 Å². The second kappa shape index (κ2) is 8.61. The van der Waals surface area contributed by atoms with Crippen LogP contribution < -0.4 is 4.74 Å². The van der Waals surface area contributed by atoms with Crippen LogP contribution in [0.1, 0.15) is 17.5 Å². The van der Waals surface area contributed by atoms with Crippen LogP contribution in [0.5, 0.6) is 5.75 Å². The number of hydrogen-bond acceptors (Lipinski definition) is 3. The van der Waals surface area contributed by atoms with Crippen LogP contribution in [0.4, 0.5) is 0 Å². The minimum Gasteiger partial charge on any atom is -0.494 e. The van der Waals surface area contributed by atoms with E-state index in [0.717, 1.165) is 28.7 Å². The highest BCUT2D eigenvalue weighted by Crippen LogP contribution is 2.17. The van der Waals surface area contributed by atoms with Gasteiger partial charge in [0.2, 0.25) is 0 Å². The Hall–Kier alpha value is -1.63. The van der Waals surface area contributed by atoms with Crippen LogP contribution >= 0.6 is 23.4 Å². The van der Waals surface area contributed by atoms with Crippen molar-refractivity contribution in [3.8, 4) is 11.8 Å². The van der Waals surface area contributed by atoms with E-state index in [1.807, 2.05) is 36.0 Å². The molecule has 0 aromatic heterocycles. The highest BCUT2D eigenvalue weighted by molar-refractivity contribution is 7.98. The summed E-state index contributed by atoms with van der Waals surface area (Å²) >= 11 is 7.73. The highest BCUT2D eigenvalue weighted by atomic mass is 35.5. The number of nitriles is 1. The van der Waals surface area contributed by atoms with Crippen LogP contribution in [0.3, 0.4) is 0 Å². The molecule has 2 aromatic rings. The molecule has 0 aliphatic heterocycles. The molecular weight excluding hydrogens is 302 g/mol. The standard InChI is InChI=1S/C17H16ClNOS/c18-16-7-5-14(6-8-16)13-21-10-2-9-20-17-4-1-3-15(11-17)12-19/h1,3-8,11H,2,9-10,13H2. The molecule has 2 nitrogen and oxygen atoms in total. The van der Waals surface area contributed by atoms with Crippen molar-refractivity contribution in [3.63, 3.8) is 0 Å². The van der Waals surface area contributed by atoms with E-state index in [1.165, 1.54) is 5.56 Å². The molecule has 0 unspecified atom stereocenters. The molecule has 2 aromatic carbocycles. The molecule has 0 heterocycles. The van der Waals surface area contributed by atoms with E-state index in [0.29, 0.717) is 12.2 Å². The minimum absolute atomic E-state index is 0.629. The summed E-state index contributed by atoms with van der Waals surface area (Å²) in [7, 11) is 0. The summed E-state index contributed by atoms with van der Waals surface area (Å²) in [5.41, 5.74) is 1.91.